The van der Waals surface area contributed by atoms with E-state index in [2.05, 4.69) is 21.2 Å². The molecule has 0 fully saturated rings. The normalized spacial score (nSPS) is 12.1. The fourth-order valence-corrected chi connectivity index (χ4v) is 5.60. The van der Waals surface area contributed by atoms with Crippen LogP contribution in [0.1, 0.15) is 24.8 Å². The highest BCUT2D eigenvalue weighted by Crippen LogP contribution is 2.30. The Morgan fingerprint density at radius 1 is 0.939 bits per heavy atom. The van der Waals surface area contributed by atoms with Crippen LogP contribution in [0.25, 0.3) is 0 Å². The van der Waals surface area contributed by atoms with Crippen LogP contribution in [0.15, 0.2) is 56.4 Å². The maximum atomic E-state index is 12.1. The van der Waals surface area contributed by atoms with Crippen molar-refractivity contribution in [3.63, 3.8) is 0 Å². The first-order valence-electron chi connectivity index (χ1n) is 10.3. The second-order valence-electron chi connectivity index (χ2n) is 7.67. The monoisotopic (exact) mass is 492 g/mol. The Hall–Kier alpha value is -2.81. The van der Waals surface area contributed by atoms with Gasteiger partial charge in [-0.2, -0.15) is 15.5 Å². The van der Waals surface area contributed by atoms with Gasteiger partial charge in [-0.05, 0) is 61.7 Å². The van der Waals surface area contributed by atoms with E-state index < -0.39 is 19.7 Å². The minimum absolute atomic E-state index is 0.122. The van der Waals surface area contributed by atoms with Crippen molar-refractivity contribution in [3.8, 4) is 6.07 Å². The van der Waals surface area contributed by atoms with Crippen LogP contribution in [-0.2, 0) is 19.7 Å². The summed E-state index contributed by atoms with van der Waals surface area (Å²) in [6.45, 7) is 3.27. The first kappa shape index (κ1) is 26.4. The number of sulfone groups is 2. The fraction of sp³-hybridized carbons (Fsp3) is 0.409. The topological polar surface area (TPSA) is 140 Å². The lowest BCUT2D eigenvalue weighted by atomic mass is 10.1. The zero-order chi connectivity index (χ0) is 24.6. The van der Waals surface area contributed by atoms with Gasteiger partial charge in [-0.15, -0.1) is 0 Å². The van der Waals surface area contributed by atoms with Crippen LogP contribution in [-0.4, -0.2) is 54.2 Å². The molecule has 0 heterocycles. The highest BCUT2D eigenvalue weighted by molar-refractivity contribution is 7.93. The summed E-state index contributed by atoms with van der Waals surface area (Å²) in [7, 11) is -7.51. The van der Waals surface area contributed by atoms with E-state index in [9.17, 15) is 16.8 Å². The Morgan fingerprint density at radius 2 is 1.64 bits per heavy atom. The molecule has 0 radical (unpaired) electrons. The highest BCUT2D eigenvalue weighted by atomic mass is 32.2. The largest absolute Gasteiger partial charge is 0.396 e. The molecule has 33 heavy (non-hydrogen) atoms. The summed E-state index contributed by atoms with van der Waals surface area (Å²) in [6, 6.07) is 11.5. The summed E-state index contributed by atoms with van der Waals surface area (Å²) in [5.41, 5.74) is 2.54. The first-order valence-corrected chi connectivity index (χ1v) is 14.0. The molecule has 1 N–H and O–H groups in total. The lowest BCUT2D eigenvalue weighted by Crippen LogP contribution is -2.25. The Labute approximate surface area is 195 Å². The summed E-state index contributed by atoms with van der Waals surface area (Å²) in [5.74, 6) is 0. The summed E-state index contributed by atoms with van der Waals surface area (Å²) in [6.07, 6.45) is 3.76. The number of aryl methyl sites for hydroxylation is 1. The third-order valence-corrected chi connectivity index (χ3v) is 7.30. The zero-order valence-corrected chi connectivity index (χ0v) is 20.5. The van der Waals surface area contributed by atoms with E-state index in [0.717, 1.165) is 30.2 Å². The van der Waals surface area contributed by atoms with E-state index in [4.69, 9.17) is 10.4 Å². The molecule has 9 nitrogen and oxygen atoms in total. The predicted molar refractivity (Wildman–Crippen MR) is 127 cm³/mol. The molecule has 2 rings (SSSR count). The van der Waals surface area contributed by atoms with Gasteiger partial charge >= 0.3 is 0 Å². The van der Waals surface area contributed by atoms with Gasteiger partial charge in [0.05, 0.1) is 33.7 Å². The Morgan fingerprint density at radius 3 is 2.21 bits per heavy atom. The minimum atomic E-state index is -3.79. The first-order chi connectivity index (χ1) is 15.5. The van der Waals surface area contributed by atoms with E-state index in [1.165, 1.54) is 18.2 Å². The molecule has 0 spiro atoms. The predicted octanol–water partition coefficient (Wildman–Crippen LogP) is 3.71. The number of benzene rings is 2. The van der Waals surface area contributed by atoms with Crippen molar-refractivity contribution in [3.05, 3.63) is 42.0 Å². The van der Waals surface area contributed by atoms with Crippen molar-refractivity contribution in [2.45, 2.75) is 36.0 Å². The van der Waals surface area contributed by atoms with Crippen LogP contribution >= 0.6 is 0 Å². The van der Waals surface area contributed by atoms with Gasteiger partial charge < -0.3 is 10.0 Å². The number of hydrogen-bond donors (Lipinski definition) is 1. The number of hydrogen-bond acceptors (Lipinski definition) is 9. The minimum Gasteiger partial charge on any atom is -0.396 e. The van der Waals surface area contributed by atoms with Crippen molar-refractivity contribution in [1.82, 2.24) is 0 Å². The molecule has 0 aromatic heterocycles. The lowest BCUT2D eigenvalue weighted by Gasteiger charge is -2.24. The average molecular weight is 493 g/mol. The summed E-state index contributed by atoms with van der Waals surface area (Å²) < 4.78 is 48.0. The number of anilines is 1. The maximum absolute atomic E-state index is 12.1. The van der Waals surface area contributed by atoms with Crippen molar-refractivity contribution in [1.29, 1.82) is 5.26 Å². The van der Waals surface area contributed by atoms with E-state index in [1.807, 2.05) is 19.1 Å². The van der Waals surface area contributed by atoms with E-state index in [-0.39, 0.29) is 22.1 Å². The molecule has 178 valence electrons. The quantitative estimate of drug-likeness (QED) is 0.372. The summed E-state index contributed by atoms with van der Waals surface area (Å²) >= 11 is 0. The Kier molecular flexibility index (Phi) is 9.10. The van der Waals surface area contributed by atoms with E-state index >= 15 is 0 Å². The standard InChI is InChI=1S/C22H28N4O5S2/c1-17-15-19(26(13-6-11-23)12-4-5-14-27)8-9-20(17)25-24-18-7-10-21(32(2,28)29)22(16-18)33(3,30)31/h7-10,15-16,27H,4-6,12-14H2,1-3H3. The molecule has 11 heteroatoms. The highest BCUT2D eigenvalue weighted by Gasteiger charge is 2.21. The number of aliphatic hydroxyl groups is 1. The van der Waals surface area contributed by atoms with Crippen LogP contribution < -0.4 is 4.90 Å². The summed E-state index contributed by atoms with van der Waals surface area (Å²) in [4.78, 5) is 1.49. The van der Waals surface area contributed by atoms with Crippen LogP contribution in [0.5, 0.6) is 0 Å². The lowest BCUT2D eigenvalue weighted by molar-refractivity contribution is 0.285. The van der Waals surface area contributed by atoms with Crippen molar-refractivity contribution in [2.75, 3.05) is 37.1 Å². The number of nitrogens with zero attached hydrogens (tertiary/aromatic N) is 4. The number of unbranched alkanes of at least 4 members (excludes halogenated alkanes) is 1. The SMILES string of the molecule is Cc1cc(N(CCC#N)CCCCO)ccc1N=Nc1ccc(S(C)(=O)=O)c(S(C)(=O)=O)c1. The Balaban J connectivity index is 2.32. The smallest absolute Gasteiger partial charge is 0.176 e. The summed E-state index contributed by atoms with van der Waals surface area (Å²) in [5, 5.41) is 26.3. The molecule has 0 amide bonds. The second kappa shape index (κ2) is 11.4. The molecule has 0 atom stereocenters. The molecule has 0 unspecified atom stereocenters. The van der Waals surface area contributed by atoms with Crippen LogP contribution in [0.2, 0.25) is 0 Å². The van der Waals surface area contributed by atoms with Gasteiger partial charge in [-0.1, -0.05) is 0 Å². The number of azo groups is 1. The van der Waals surface area contributed by atoms with Gasteiger partial charge in [-0.25, -0.2) is 16.8 Å². The molecule has 2 aromatic rings. The molecule has 0 saturated heterocycles. The molecule has 0 saturated carbocycles. The van der Waals surface area contributed by atoms with Gasteiger partial charge in [-0.3, -0.25) is 0 Å². The second-order valence-corrected chi connectivity index (χ2v) is 11.6. The Bertz CT molecular complexity index is 1270. The molecule has 0 aliphatic heterocycles. The van der Waals surface area contributed by atoms with Gasteiger partial charge in [0, 0.05) is 37.9 Å². The van der Waals surface area contributed by atoms with Crippen molar-refractivity contribution >= 4 is 36.7 Å². The van der Waals surface area contributed by atoms with Gasteiger partial charge in [0.15, 0.2) is 19.7 Å². The molecular weight excluding hydrogens is 464 g/mol. The van der Waals surface area contributed by atoms with Gasteiger partial charge in [0.25, 0.3) is 0 Å². The molecular formula is C22H28N4O5S2. The maximum Gasteiger partial charge on any atom is 0.176 e. The van der Waals surface area contributed by atoms with Crippen LogP contribution in [0.3, 0.4) is 0 Å². The van der Waals surface area contributed by atoms with Gasteiger partial charge in [0.2, 0.25) is 0 Å². The number of nitriles is 1. The zero-order valence-electron chi connectivity index (χ0n) is 18.9. The number of rotatable bonds is 11. The third kappa shape index (κ3) is 7.63. The van der Waals surface area contributed by atoms with E-state index in [1.54, 1.807) is 6.07 Å². The molecule has 0 aliphatic rings. The van der Waals surface area contributed by atoms with Crippen molar-refractivity contribution < 1.29 is 21.9 Å². The molecule has 0 aliphatic carbocycles. The van der Waals surface area contributed by atoms with Crippen molar-refractivity contribution in [2.24, 2.45) is 10.2 Å². The molecule has 0 bridgehead atoms. The van der Waals surface area contributed by atoms with Gasteiger partial charge in [0.1, 0.15) is 0 Å². The number of aliphatic hydroxyl groups excluding tert-OH is 1. The van der Waals surface area contributed by atoms with Crippen LogP contribution in [0, 0.1) is 18.3 Å². The van der Waals surface area contributed by atoms with E-state index in [0.29, 0.717) is 31.6 Å². The third-order valence-electron chi connectivity index (χ3n) is 4.87. The molecule has 2 aromatic carbocycles. The average Bonchev–Trinajstić information content (AvgIpc) is 2.74. The fourth-order valence-electron chi connectivity index (χ4n) is 3.18. The van der Waals surface area contributed by atoms with Crippen LogP contribution in [0.4, 0.5) is 17.1 Å².